The average molecular weight is 425 g/mol. The number of phenolic OH excluding ortho intramolecular Hbond substituents is 1. The third kappa shape index (κ3) is 4.88. The van der Waals surface area contributed by atoms with Gasteiger partial charge in [-0.2, -0.15) is 0 Å². The number of unbranched alkanes of at least 4 members (excludes halogenated alkanes) is 1. The number of methoxy groups -OCH3 is 1. The zero-order chi connectivity index (χ0) is 22.4. The molecule has 7 nitrogen and oxygen atoms in total. The molecule has 1 heterocycles. The number of nitrogens with zero attached hydrogens (tertiary/aromatic N) is 1. The van der Waals surface area contributed by atoms with Crippen molar-refractivity contribution in [3.63, 3.8) is 0 Å². The van der Waals surface area contributed by atoms with Gasteiger partial charge in [0.05, 0.1) is 24.8 Å². The number of phenols is 1. The van der Waals surface area contributed by atoms with E-state index in [9.17, 15) is 19.8 Å². The van der Waals surface area contributed by atoms with E-state index in [0.717, 1.165) is 12.8 Å². The van der Waals surface area contributed by atoms with Crippen molar-refractivity contribution in [3.8, 4) is 11.5 Å². The van der Waals surface area contributed by atoms with E-state index >= 15 is 0 Å². The maximum absolute atomic E-state index is 12.9. The summed E-state index contributed by atoms with van der Waals surface area (Å²) < 4.78 is 10.7. The summed E-state index contributed by atoms with van der Waals surface area (Å²) in [4.78, 5) is 27.0. The summed E-state index contributed by atoms with van der Waals surface area (Å²) in [6.07, 6.45) is 1.97. The van der Waals surface area contributed by atoms with Gasteiger partial charge in [-0.05, 0) is 48.4 Å². The molecule has 0 saturated carbocycles. The Balaban J connectivity index is 2.00. The van der Waals surface area contributed by atoms with Gasteiger partial charge in [-0.1, -0.05) is 25.5 Å². The fraction of sp³-hybridized carbons (Fsp3) is 0.333. The van der Waals surface area contributed by atoms with E-state index in [4.69, 9.17) is 9.47 Å². The van der Waals surface area contributed by atoms with Crippen molar-refractivity contribution >= 4 is 17.4 Å². The van der Waals surface area contributed by atoms with Gasteiger partial charge in [-0.25, -0.2) is 0 Å². The lowest BCUT2D eigenvalue weighted by Crippen LogP contribution is -2.32. The Morgan fingerprint density at radius 2 is 1.71 bits per heavy atom. The summed E-state index contributed by atoms with van der Waals surface area (Å²) in [5, 5.41) is 20.6. The molecule has 0 aliphatic carbocycles. The molecule has 164 valence electrons. The number of aliphatic hydroxyl groups excluding tert-OH is 1. The van der Waals surface area contributed by atoms with Crippen LogP contribution in [0.3, 0.4) is 0 Å². The van der Waals surface area contributed by atoms with Crippen LogP contribution in [-0.2, 0) is 14.3 Å². The molecule has 1 aliphatic rings. The number of aromatic hydroxyl groups is 1. The lowest BCUT2D eigenvalue weighted by molar-refractivity contribution is -0.140. The second kappa shape index (κ2) is 10.1. The molecule has 1 aliphatic heterocycles. The minimum Gasteiger partial charge on any atom is -0.508 e. The average Bonchev–Trinajstić information content (AvgIpc) is 3.03. The number of benzene rings is 2. The highest BCUT2D eigenvalue weighted by molar-refractivity contribution is 6.46. The van der Waals surface area contributed by atoms with Crippen molar-refractivity contribution in [1.29, 1.82) is 0 Å². The third-order valence-corrected chi connectivity index (χ3v) is 5.18. The summed E-state index contributed by atoms with van der Waals surface area (Å²) in [6.45, 7) is 3.11. The van der Waals surface area contributed by atoms with Crippen molar-refractivity contribution in [2.45, 2.75) is 25.8 Å². The molecule has 31 heavy (non-hydrogen) atoms. The van der Waals surface area contributed by atoms with E-state index in [2.05, 4.69) is 6.92 Å². The standard InChI is InChI=1S/C24H27NO6/c1-3-4-14-31-19-11-7-17(8-12-19)22(27)20-21(16-5-9-18(26)10-6-16)25(13-15-30-2)24(29)23(20)28/h5-12,21,26-27H,3-4,13-15H2,1-2H3/t21-/m1/s1. The first kappa shape index (κ1) is 22.4. The lowest BCUT2D eigenvalue weighted by atomic mass is 9.95. The number of aliphatic hydroxyl groups is 1. The van der Waals surface area contributed by atoms with E-state index < -0.39 is 17.7 Å². The van der Waals surface area contributed by atoms with Crippen LogP contribution in [0.4, 0.5) is 0 Å². The van der Waals surface area contributed by atoms with Crippen LogP contribution >= 0.6 is 0 Å². The molecular formula is C24H27NO6. The molecule has 1 saturated heterocycles. The smallest absolute Gasteiger partial charge is 0.295 e. The van der Waals surface area contributed by atoms with Gasteiger partial charge >= 0.3 is 0 Å². The van der Waals surface area contributed by atoms with Crippen molar-refractivity contribution in [1.82, 2.24) is 4.90 Å². The first-order valence-corrected chi connectivity index (χ1v) is 10.3. The molecule has 0 bridgehead atoms. The summed E-state index contributed by atoms with van der Waals surface area (Å²) in [7, 11) is 1.51. The van der Waals surface area contributed by atoms with Crippen molar-refractivity contribution in [2.24, 2.45) is 0 Å². The molecule has 1 amide bonds. The monoisotopic (exact) mass is 425 g/mol. The Morgan fingerprint density at radius 3 is 2.32 bits per heavy atom. The Morgan fingerprint density at radius 1 is 1.03 bits per heavy atom. The first-order chi connectivity index (χ1) is 15.0. The summed E-state index contributed by atoms with van der Waals surface area (Å²) in [5.41, 5.74) is 1.02. The van der Waals surface area contributed by atoms with Crippen LogP contribution in [0.25, 0.3) is 5.76 Å². The predicted molar refractivity (Wildman–Crippen MR) is 116 cm³/mol. The van der Waals surface area contributed by atoms with E-state index in [0.29, 0.717) is 23.5 Å². The Kier molecular flexibility index (Phi) is 7.31. The first-order valence-electron chi connectivity index (χ1n) is 10.3. The van der Waals surface area contributed by atoms with Gasteiger partial charge in [0.2, 0.25) is 0 Å². The number of rotatable bonds is 9. The number of Topliss-reactive ketones (excluding diaryl/α,β-unsaturated/α-hetero) is 1. The van der Waals surface area contributed by atoms with E-state index in [1.54, 1.807) is 36.4 Å². The summed E-state index contributed by atoms with van der Waals surface area (Å²) >= 11 is 0. The van der Waals surface area contributed by atoms with Gasteiger partial charge in [0, 0.05) is 19.2 Å². The number of ketones is 1. The highest BCUT2D eigenvalue weighted by Crippen LogP contribution is 2.39. The number of likely N-dealkylation sites (tertiary alicyclic amines) is 1. The fourth-order valence-corrected chi connectivity index (χ4v) is 3.50. The zero-order valence-electron chi connectivity index (χ0n) is 17.7. The normalized spacial score (nSPS) is 17.9. The predicted octanol–water partition coefficient (Wildman–Crippen LogP) is 3.64. The maximum Gasteiger partial charge on any atom is 0.295 e. The van der Waals surface area contributed by atoms with Gasteiger partial charge in [0.15, 0.2) is 0 Å². The summed E-state index contributed by atoms with van der Waals surface area (Å²) in [5.74, 6) is -0.973. The quantitative estimate of drug-likeness (QED) is 0.276. The highest BCUT2D eigenvalue weighted by atomic mass is 16.5. The topological polar surface area (TPSA) is 96.3 Å². The maximum atomic E-state index is 12.9. The van der Waals surface area contributed by atoms with Crippen LogP contribution in [0.5, 0.6) is 11.5 Å². The number of carbonyl (C=O) groups excluding carboxylic acids is 2. The molecule has 2 aromatic carbocycles. The van der Waals surface area contributed by atoms with Crippen LogP contribution < -0.4 is 4.74 Å². The Labute approximate surface area is 181 Å². The lowest BCUT2D eigenvalue weighted by Gasteiger charge is -2.25. The van der Waals surface area contributed by atoms with Crippen LogP contribution in [-0.4, -0.2) is 53.7 Å². The van der Waals surface area contributed by atoms with Crippen molar-refractivity contribution < 1.29 is 29.3 Å². The SMILES string of the molecule is CCCCOc1ccc(C(O)=C2C(=O)C(=O)N(CCOC)[C@@H]2c2ccc(O)cc2)cc1. The van der Waals surface area contributed by atoms with E-state index in [1.165, 1.54) is 24.1 Å². The number of ether oxygens (including phenoxy) is 2. The minimum atomic E-state index is -0.781. The zero-order valence-corrected chi connectivity index (χ0v) is 17.7. The minimum absolute atomic E-state index is 0.00597. The Bertz CT molecular complexity index is 949. The second-order valence-electron chi connectivity index (χ2n) is 7.30. The molecule has 0 spiro atoms. The molecule has 7 heteroatoms. The highest BCUT2D eigenvalue weighted by Gasteiger charge is 2.45. The van der Waals surface area contributed by atoms with E-state index in [-0.39, 0.29) is 30.2 Å². The molecule has 3 rings (SSSR count). The van der Waals surface area contributed by atoms with E-state index in [1.807, 2.05) is 0 Å². The third-order valence-electron chi connectivity index (χ3n) is 5.18. The van der Waals surface area contributed by atoms with Crippen LogP contribution in [0.2, 0.25) is 0 Å². The number of carbonyl (C=O) groups is 2. The molecule has 1 fully saturated rings. The molecule has 0 unspecified atom stereocenters. The molecule has 1 atom stereocenters. The number of hydrogen-bond donors (Lipinski definition) is 2. The van der Waals surface area contributed by atoms with Gasteiger partial charge in [-0.15, -0.1) is 0 Å². The van der Waals surface area contributed by atoms with Crippen molar-refractivity contribution in [3.05, 3.63) is 65.2 Å². The van der Waals surface area contributed by atoms with Crippen LogP contribution in [0.15, 0.2) is 54.1 Å². The Hall–Kier alpha value is -3.32. The molecule has 0 aromatic heterocycles. The largest absolute Gasteiger partial charge is 0.508 e. The molecular weight excluding hydrogens is 398 g/mol. The summed E-state index contributed by atoms with van der Waals surface area (Å²) in [6, 6.07) is 12.2. The molecule has 0 radical (unpaired) electrons. The van der Waals surface area contributed by atoms with Gasteiger partial charge < -0.3 is 24.6 Å². The van der Waals surface area contributed by atoms with Gasteiger partial charge in [0.1, 0.15) is 17.3 Å². The van der Waals surface area contributed by atoms with Crippen LogP contribution in [0.1, 0.15) is 36.9 Å². The fourth-order valence-electron chi connectivity index (χ4n) is 3.50. The molecule has 2 aromatic rings. The van der Waals surface area contributed by atoms with Gasteiger partial charge in [-0.3, -0.25) is 9.59 Å². The second-order valence-corrected chi connectivity index (χ2v) is 7.30. The number of amides is 1. The number of hydrogen-bond acceptors (Lipinski definition) is 6. The van der Waals surface area contributed by atoms with Crippen LogP contribution in [0, 0.1) is 0 Å². The van der Waals surface area contributed by atoms with Gasteiger partial charge in [0.25, 0.3) is 11.7 Å². The van der Waals surface area contributed by atoms with Crippen molar-refractivity contribution in [2.75, 3.05) is 26.9 Å². The molecule has 2 N–H and O–H groups in total.